The number of halogens is 2. The Kier molecular flexibility index (Phi) is 4.15. The van der Waals surface area contributed by atoms with Gasteiger partial charge in [0.2, 0.25) is 0 Å². The van der Waals surface area contributed by atoms with E-state index in [9.17, 15) is 0 Å². The number of anilines is 1. The Labute approximate surface area is 114 Å². The Morgan fingerprint density at radius 2 is 2.06 bits per heavy atom. The molecule has 2 N–H and O–H groups in total. The molecule has 5 heteroatoms. The highest BCUT2D eigenvalue weighted by Crippen LogP contribution is 2.32. The van der Waals surface area contributed by atoms with Crippen LogP contribution < -0.4 is 5.73 Å². The zero-order chi connectivity index (χ0) is 12.3. The van der Waals surface area contributed by atoms with E-state index >= 15 is 0 Å². The maximum absolute atomic E-state index is 6.09. The molecule has 2 rings (SSSR count). The first kappa shape index (κ1) is 12.6. The molecule has 2 nitrogen and oxygen atoms in total. The monoisotopic (exact) mass is 284 g/mol. The first-order chi connectivity index (χ1) is 8.16. The summed E-state index contributed by atoms with van der Waals surface area (Å²) < 4.78 is 0. The minimum absolute atomic E-state index is 0.534. The topological polar surface area (TPSA) is 38.9 Å². The van der Waals surface area contributed by atoms with Crippen molar-refractivity contribution in [2.75, 3.05) is 5.73 Å². The molecule has 0 spiro atoms. The molecule has 1 heterocycles. The largest absolute Gasteiger partial charge is 0.399 e. The average Bonchev–Trinajstić information content (AvgIpc) is 2.30. The van der Waals surface area contributed by atoms with E-state index in [4.69, 9.17) is 28.9 Å². The lowest BCUT2D eigenvalue weighted by Gasteiger charge is -2.06. The molecule has 0 fully saturated rings. The van der Waals surface area contributed by atoms with Gasteiger partial charge in [-0.1, -0.05) is 29.3 Å². The van der Waals surface area contributed by atoms with Crippen LogP contribution in [0.15, 0.2) is 41.4 Å². The van der Waals surface area contributed by atoms with Gasteiger partial charge in [0.1, 0.15) is 5.15 Å². The van der Waals surface area contributed by atoms with Crippen molar-refractivity contribution in [2.45, 2.75) is 10.6 Å². The first-order valence-corrected chi connectivity index (χ1v) is 6.68. The summed E-state index contributed by atoms with van der Waals surface area (Å²) in [5, 5.41) is 1.20. The van der Waals surface area contributed by atoms with Gasteiger partial charge in [-0.15, -0.1) is 11.8 Å². The van der Waals surface area contributed by atoms with E-state index in [0.29, 0.717) is 15.9 Å². The molecule has 17 heavy (non-hydrogen) atoms. The van der Waals surface area contributed by atoms with Crippen molar-refractivity contribution in [3.8, 4) is 0 Å². The molecule has 1 aromatic carbocycles. The molecule has 0 aliphatic heterocycles. The van der Waals surface area contributed by atoms with Gasteiger partial charge in [-0.25, -0.2) is 4.98 Å². The fourth-order valence-corrected chi connectivity index (χ4v) is 2.84. The third kappa shape index (κ3) is 3.28. The van der Waals surface area contributed by atoms with Crippen molar-refractivity contribution in [2.24, 2.45) is 0 Å². The zero-order valence-corrected chi connectivity index (χ0v) is 11.2. The standard InChI is InChI=1S/C12H10Cl2N2S/c13-10-6-9(15)3-4-11(10)17-7-8-2-1-5-16-12(8)14/h1-6H,7,15H2. The van der Waals surface area contributed by atoms with Gasteiger partial charge in [0.25, 0.3) is 0 Å². The maximum atomic E-state index is 6.09. The van der Waals surface area contributed by atoms with E-state index < -0.39 is 0 Å². The van der Waals surface area contributed by atoms with Crippen molar-refractivity contribution >= 4 is 40.7 Å². The number of hydrogen-bond acceptors (Lipinski definition) is 3. The van der Waals surface area contributed by atoms with Crippen molar-refractivity contribution < 1.29 is 0 Å². The van der Waals surface area contributed by atoms with Gasteiger partial charge in [-0.05, 0) is 29.8 Å². The van der Waals surface area contributed by atoms with E-state index in [1.165, 1.54) is 0 Å². The van der Waals surface area contributed by atoms with Crippen LogP contribution in [-0.4, -0.2) is 4.98 Å². The highest BCUT2D eigenvalue weighted by molar-refractivity contribution is 7.98. The van der Waals surface area contributed by atoms with Crippen molar-refractivity contribution in [3.63, 3.8) is 0 Å². The predicted octanol–water partition coefficient (Wildman–Crippen LogP) is 4.26. The van der Waals surface area contributed by atoms with E-state index in [1.807, 2.05) is 24.3 Å². The van der Waals surface area contributed by atoms with Gasteiger partial charge in [0, 0.05) is 22.5 Å². The van der Waals surface area contributed by atoms with Crippen LogP contribution in [0.5, 0.6) is 0 Å². The summed E-state index contributed by atoms with van der Waals surface area (Å²) in [4.78, 5) is 5.01. The lowest BCUT2D eigenvalue weighted by Crippen LogP contribution is -1.87. The summed E-state index contributed by atoms with van der Waals surface area (Å²) in [6.45, 7) is 0. The third-order valence-electron chi connectivity index (χ3n) is 2.18. The molecule has 0 bridgehead atoms. The van der Waals surface area contributed by atoms with E-state index in [2.05, 4.69) is 4.98 Å². The number of rotatable bonds is 3. The highest BCUT2D eigenvalue weighted by Gasteiger charge is 2.05. The van der Waals surface area contributed by atoms with Gasteiger partial charge in [0.15, 0.2) is 0 Å². The van der Waals surface area contributed by atoms with Crippen LogP contribution in [0.4, 0.5) is 5.69 Å². The number of thioether (sulfide) groups is 1. The molecule has 0 atom stereocenters. The van der Waals surface area contributed by atoms with Crippen molar-refractivity contribution in [3.05, 3.63) is 52.3 Å². The molecule has 0 saturated heterocycles. The quantitative estimate of drug-likeness (QED) is 0.520. The lowest BCUT2D eigenvalue weighted by molar-refractivity contribution is 1.25. The summed E-state index contributed by atoms with van der Waals surface area (Å²) in [6.07, 6.45) is 1.67. The Bertz CT molecular complexity index is 532. The van der Waals surface area contributed by atoms with E-state index in [1.54, 1.807) is 24.0 Å². The number of nitrogens with two attached hydrogens (primary N) is 1. The minimum atomic E-state index is 0.534. The van der Waals surface area contributed by atoms with Crippen LogP contribution in [0.1, 0.15) is 5.56 Å². The van der Waals surface area contributed by atoms with E-state index in [0.717, 1.165) is 16.2 Å². The smallest absolute Gasteiger partial charge is 0.133 e. The maximum Gasteiger partial charge on any atom is 0.133 e. The van der Waals surface area contributed by atoms with Crippen molar-refractivity contribution in [1.29, 1.82) is 0 Å². The SMILES string of the molecule is Nc1ccc(SCc2cccnc2Cl)c(Cl)c1. The minimum Gasteiger partial charge on any atom is -0.399 e. The van der Waals surface area contributed by atoms with Crippen LogP contribution in [0.2, 0.25) is 10.2 Å². The molecular formula is C12H10Cl2N2S. The first-order valence-electron chi connectivity index (χ1n) is 4.94. The Morgan fingerprint density at radius 1 is 1.24 bits per heavy atom. The second-order valence-electron chi connectivity index (χ2n) is 3.43. The van der Waals surface area contributed by atoms with Crippen LogP contribution in [-0.2, 0) is 5.75 Å². The van der Waals surface area contributed by atoms with Crippen LogP contribution >= 0.6 is 35.0 Å². The number of pyridine rings is 1. The summed E-state index contributed by atoms with van der Waals surface area (Å²) in [7, 11) is 0. The second kappa shape index (κ2) is 5.63. The predicted molar refractivity (Wildman–Crippen MR) is 74.7 cm³/mol. The summed E-state index contributed by atoms with van der Waals surface area (Å²) in [6, 6.07) is 9.31. The van der Waals surface area contributed by atoms with Gasteiger partial charge >= 0.3 is 0 Å². The molecule has 0 amide bonds. The molecule has 2 aromatic rings. The van der Waals surface area contributed by atoms with E-state index in [-0.39, 0.29) is 0 Å². The Balaban J connectivity index is 2.10. The van der Waals surface area contributed by atoms with Gasteiger partial charge in [-0.2, -0.15) is 0 Å². The summed E-state index contributed by atoms with van der Waals surface area (Å²) in [5.74, 6) is 0.732. The number of aromatic nitrogens is 1. The molecular weight excluding hydrogens is 275 g/mol. The van der Waals surface area contributed by atoms with Crippen LogP contribution in [0.3, 0.4) is 0 Å². The molecule has 0 saturated carbocycles. The number of benzene rings is 1. The Hall–Kier alpha value is -0.900. The number of hydrogen-bond donors (Lipinski definition) is 1. The van der Waals surface area contributed by atoms with Gasteiger partial charge in [0.05, 0.1) is 5.02 Å². The average molecular weight is 285 g/mol. The fraction of sp³-hybridized carbons (Fsp3) is 0.0833. The Morgan fingerprint density at radius 3 is 2.76 bits per heavy atom. The molecule has 0 aliphatic carbocycles. The summed E-state index contributed by atoms with van der Waals surface area (Å²) >= 11 is 13.7. The second-order valence-corrected chi connectivity index (χ2v) is 5.21. The van der Waals surface area contributed by atoms with Gasteiger partial charge < -0.3 is 5.73 Å². The van der Waals surface area contributed by atoms with Crippen LogP contribution in [0, 0.1) is 0 Å². The molecule has 0 radical (unpaired) electrons. The normalized spacial score (nSPS) is 10.5. The van der Waals surface area contributed by atoms with Crippen LogP contribution in [0.25, 0.3) is 0 Å². The number of nitrogen functional groups attached to an aromatic ring is 1. The molecule has 1 aromatic heterocycles. The molecule has 0 unspecified atom stereocenters. The molecule has 88 valence electrons. The molecule has 0 aliphatic rings. The summed E-state index contributed by atoms with van der Waals surface area (Å²) in [5.41, 5.74) is 7.29. The van der Waals surface area contributed by atoms with Gasteiger partial charge in [-0.3, -0.25) is 0 Å². The lowest BCUT2D eigenvalue weighted by atomic mass is 10.3. The zero-order valence-electron chi connectivity index (χ0n) is 8.86. The van der Waals surface area contributed by atoms with Crippen molar-refractivity contribution in [1.82, 2.24) is 4.98 Å². The third-order valence-corrected chi connectivity index (χ3v) is 4.06. The number of nitrogens with zero attached hydrogens (tertiary/aromatic N) is 1. The highest BCUT2D eigenvalue weighted by atomic mass is 35.5. The fourth-order valence-electron chi connectivity index (χ4n) is 1.32.